The Morgan fingerprint density at radius 2 is 2.42 bits per heavy atom. The van der Waals surface area contributed by atoms with E-state index in [9.17, 15) is 4.79 Å². The first-order chi connectivity index (χ1) is 9.28. The van der Waals surface area contributed by atoms with Gasteiger partial charge in [-0.15, -0.1) is 11.3 Å². The summed E-state index contributed by atoms with van der Waals surface area (Å²) in [4.78, 5) is 17.8. The van der Waals surface area contributed by atoms with E-state index in [4.69, 9.17) is 9.47 Å². The van der Waals surface area contributed by atoms with Gasteiger partial charge in [0.15, 0.2) is 0 Å². The van der Waals surface area contributed by atoms with Crippen molar-refractivity contribution in [2.45, 2.75) is 51.0 Å². The number of esters is 1. The monoisotopic (exact) mass is 281 g/mol. The minimum Gasteiger partial charge on any atom is -0.465 e. The maximum Gasteiger partial charge on any atom is 0.315 e. The van der Waals surface area contributed by atoms with Crippen LogP contribution in [0.15, 0.2) is 0 Å². The fourth-order valence-corrected chi connectivity index (χ4v) is 4.05. The molecule has 5 heteroatoms. The van der Waals surface area contributed by atoms with Gasteiger partial charge in [0, 0.05) is 17.9 Å². The molecule has 0 saturated carbocycles. The van der Waals surface area contributed by atoms with Gasteiger partial charge in [-0.3, -0.25) is 4.79 Å². The number of rotatable bonds is 4. The Labute approximate surface area is 117 Å². The number of ether oxygens (including phenoxy) is 2. The molecule has 0 N–H and O–H groups in total. The number of hydrogen-bond acceptors (Lipinski definition) is 5. The average molecular weight is 281 g/mol. The summed E-state index contributed by atoms with van der Waals surface area (Å²) in [5, 5.41) is 1.12. The lowest BCUT2D eigenvalue weighted by Gasteiger charge is -2.08. The molecule has 2 unspecified atom stereocenters. The maximum atomic E-state index is 11.9. The van der Waals surface area contributed by atoms with Gasteiger partial charge in [0.25, 0.3) is 0 Å². The summed E-state index contributed by atoms with van der Waals surface area (Å²) in [6, 6.07) is 0. The van der Waals surface area contributed by atoms with Gasteiger partial charge in [-0.1, -0.05) is 0 Å². The number of nitrogens with zero attached hydrogens (tertiary/aromatic N) is 1. The minimum absolute atomic E-state index is 0.116. The fraction of sp³-hybridized carbons (Fsp3) is 0.714. The highest BCUT2D eigenvalue weighted by molar-refractivity contribution is 7.11. The standard InChI is InChI=1S/C14H19NO3S/c1-2-17-14(16)10-5-6-11-13(10)15-12(19-11)8-9-4-3-7-18-9/h9-10H,2-8H2,1H3. The van der Waals surface area contributed by atoms with Crippen LogP contribution in [0.5, 0.6) is 0 Å². The van der Waals surface area contributed by atoms with Gasteiger partial charge in [0.05, 0.1) is 23.4 Å². The molecule has 0 aromatic carbocycles. The van der Waals surface area contributed by atoms with Gasteiger partial charge in [-0.2, -0.15) is 0 Å². The lowest BCUT2D eigenvalue weighted by molar-refractivity contribution is -0.145. The van der Waals surface area contributed by atoms with Crippen molar-refractivity contribution in [1.82, 2.24) is 4.98 Å². The molecule has 1 aromatic heterocycles. The topological polar surface area (TPSA) is 48.4 Å². The van der Waals surface area contributed by atoms with E-state index in [-0.39, 0.29) is 11.9 Å². The third kappa shape index (κ3) is 2.67. The molecule has 1 saturated heterocycles. The number of thiazole rings is 1. The van der Waals surface area contributed by atoms with Crippen LogP contribution < -0.4 is 0 Å². The Balaban J connectivity index is 1.70. The summed E-state index contributed by atoms with van der Waals surface area (Å²) in [5.74, 6) is -0.250. The second kappa shape index (κ2) is 5.59. The molecule has 2 aliphatic rings. The molecule has 1 aromatic rings. The van der Waals surface area contributed by atoms with Crippen molar-refractivity contribution in [3.8, 4) is 0 Å². The van der Waals surface area contributed by atoms with Crippen molar-refractivity contribution < 1.29 is 14.3 Å². The molecule has 2 heterocycles. The van der Waals surface area contributed by atoms with Crippen LogP contribution in [0.2, 0.25) is 0 Å². The Morgan fingerprint density at radius 1 is 1.53 bits per heavy atom. The van der Waals surface area contributed by atoms with Crippen LogP contribution in [0.1, 0.15) is 47.7 Å². The minimum atomic E-state index is -0.135. The van der Waals surface area contributed by atoms with E-state index < -0.39 is 0 Å². The van der Waals surface area contributed by atoms with Gasteiger partial charge >= 0.3 is 5.97 Å². The van der Waals surface area contributed by atoms with Crippen molar-refractivity contribution in [1.29, 1.82) is 0 Å². The highest BCUT2D eigenvalue weighted by Crippen LogP contribution is 2.37. The first-order valence-electron chi connectivity index (χ1n) is 7.04. The van der Waals surface area contributed by atoms with Crippen LogP contribution in [0.3, 0.4) is 0 Å². The summed E-state index contributed by atoms with van der Waals surface area (Å²) in [7, 11) is 0. The molecular formula is C14H19NO3S. The van der Waals surface area contributed by atoms with E-state index in [0.717, 1.165) is 49.4 Å². The highest BCUT2D eigenvalue weighted by Gasteiger charge is 2.33. The van der Waals surface area contributed by atoms with E-state index in [1.807, 2.05) is 6.92 Å². The van der Waals surface area contributed by atoms with Gasteiger partial charge in [-0.05, 0) is 32.6 Å². The third-order valence-corrected chi connectivity index (χ3v) is 4.91. The van der Waals surface area contributed by atoms with E-state index in [1.54, 1.807) is 11.3 Å². The first kappa shape index (κ1) is 13.1. The Morgan fingerprint density at radius 3 is 3.16 bits per heavy atom. The summed E-state index contributed by atoms with van der Waals surface area (Å²) in [6.45, 7) is 3.16. The number of aromatic nitrogens is 1. The van der Waals surface area contributed by atoms with Crippen LogP contribution in [0, 0.1) is 0 Å². The Bertz CT molecular complexity index is 465. The molecule has 0 bridgehead atoms. The largest absolute Gasteiger partial charge is 0.465 e. The second-order valence-corrected chi connectivity index (χ2v) is 6.27. The molecule has 0 amide bonds. The zero-order valence-corrected chi connectivity index (χ0v) is 12.0. The smallest absolute Gasteiger partial charge is 0.315 e. The van der Waals surface area contributed by atoms with Crippen molar-refractivity contribution in [3.05, 3.63) is 15.6 Å². The number of hydrogen-bond donors (Lipinski definition) is 0. The molecule has 104 valence electrons. The molecule has 4 nitrogen and oxygen atoms in total. The molecule has 19 heavy (non-hydrogen) atoms. The third-order valence-electron chi connectivity index (χ3n) is 3.76. The summed E-state index contributed by atoms with van der Waals surface area (Å²) in [6.07, 6.45) is 5.32. The van der Waals surface area contributed by atoms with E-state index >= 15 is 0 Å². The van der Waals surface area contributed by atoms with Crippen LogP contribution in [0.25, 0.3) is 0 Å². The Kier molecular flexibility index (Phi) is 3.84. The summed E-state index contributed by atoms with van der Waals surface area (Å²) in [5.41, 5.74) is 0.969. The molecule has 1 aliphatic heterocycles. The van der Waals surface area contributed by atoms with Crippen LogP contribution >= 0.6 is 11.3 Å². The van der Waals surface area contributed by atoms with Gasteiger partial charge in [-0.25, -0.2) is 4.98 Å². The fourth-order valence-electron chi connectivity index (χ4n) is 2.84. The van der Waals surface area contributed by atoms with Gasteiger partial charge in [0.1, 0.15) is 5.92 Å². The predicted molar refractivity (Wildman–Crippen MR) is 72.5 cm³/mol. The second-order valence-electron chi connectivity index (χ2n) is 5.10. The van der Waals surface area contributed by atoms with E-state index in [0.29, 0.717) is 12.7 Å². The maximum absolute atomic E-state index is 11.9. The van der Waals surface area contributed by atoms with Crippen molar-refractivity contribution >= 4 is 17.3 Å². The number of carbonyl (C=O) groups is 1. The molecular weight excluding hydrogens is 262 g/mol. The number of aryl methyl sites for hydroxylation is 1. The van der Waals surface area contributed by atoms with Crippen molar-refractivity contribution in [3.63, 3.8) is 0 Å². The lowest BCUT2D eigenvalue weighted by atomic mass is 10.1. The highest BCUT2D eigenvalue weighted by atomic mass is 32.1. The molecule has 2 atom stereocenters. The normalized spacial score (nSPS) is 25.5. The molecule has 0 spiro atoms. The molecule has 1 fully saturated rings. The number of fused-ring (bicyclic) bond motifs is 1. The van der Waals surface area contributed by atoms with E-state index in [2.05, 4.69) is 4.98 Å². The molecule has 1 aliphatic carbocycles. The Hall–Kier alpha value is -0.940. The van der Waals surface area contributed by atoms with Crippen molar-refractivity contribution in [2.24, 2.45) is 0 Å². The number of carbonyl (C=O) groups excluding carboxylic acids is 1. The lowest BCUT2D eigenvalue weighted by Crippen LogP contribution is -2.14. The van der Waals surface area contributed by atoms with E-state index in [1.165, 1.54) is 4.88 Å². The quantitative estimate of drug-likeness (QED) is 0.795. The van der Waals surface area contributed by atoms with Gasteiger partial charge < -0.3 is 9.47 Å². The first-order valence-corrected chi connectivity index (χ1v) is 7.86. The predicted octanol–water partition coefficient (Wildman–Crippen LogP) is 2.46. The van der Waals surface area contributed by atoms with Crippen LogP contribution in [-0.2, 0) is 27.1 Å². The summed E-state index contributed by atoms with van der Waals surface area (Å²) < 4.78 is 10.8. The van der Waals surface area contributed by atoms with Crippen molar-refractivity contribution in [2.75, 3.05) is 13.2 Å². The average Bonchev–Trinajstić information content (AvgIpc) is 3.05. The van der Waals surface area contributed by atoms with Crippen LogP contribution in [0.4, 0.5) is 0 Å². The van der Waals surface area contributed by atoms with Crippen LogP contribution in [-0.4, -0.2) is 30.3 Å². The SMILES string of the molecule is CCOC(=O)C1CCc2sc(CC3CCCO3)nc21. The zero-order chi connectivity index (χ0) is 13.2. The summed E-state index contributed by atoms with van der Waals surface area (Å²) >= 11 is 1.75. The zero-order valence-electron chi connectivity index (χ0n) is 11.2. The van der Waals surface area contributed by atoms with Gasteiger partial charge in [0.2, 0.25) is 0 Å². The molecule has 0 radical (unpaired) electrons. The molecule has 3 rings (SSSR count).